The molecule has 0 aliphatic carbocycles. The molecule has 0 aromatic heterocycles. The van der Waals surface area contributed by atoms with Crippen molar-refractivity contribution in [2.75, 3.05) is 12.4 Å². The number of carbonyl (C=O) groups is 1. The summed E-state index contributed by atoms with van der Waals surface area (Å²) in [6.45, 7) is 0.483. The average molecular weight is 308 g/mol. The molecule has 0 spiro atoms. The van der Waals surface area contributed by atoms with Crippen LogP contribution in [0.1, 0.15) is 11.1 Å². The van der Waals surface area contributed by atoms with Crippen molar-refractivity contribution in [2.45, 2.75) is 6.54 Å². The van der Waals surface area contributed by atoms with E-state index in [0.29, 0.717) is 18.3 Å². The lowest BCUT2D eigenvalue weighted by atomic mass is 10.1. The normalized spacial score (nSPS) is 16.4. The molecule has 0 fully saturated rings. The van der Waals surface area contributed by atoms with E-state index in [4.69, 9.17) is 4.74 Å². The number of amidine groups is 1. The molecule has 5 heteroatoms. The molecule has 116 valence electrons. The number of ether oxygens (including phenoxy) is 2. The minimum atomic E-state index is -0.473. The molecule has 2 aromatic carbocycles. The van der Waals surface area contributed by atoms with Gasteiger partial charge in [-0.1, -0.05) is 42.5 Å². The first-order chi connectivity index (χ1) is 11.3. The van der Waals surface area contributed by atoms with Crippen LogP contribution in [-0.2, 0) is 20.8 Å². The number of nitrogens with one attached hydrogen (secondary N) is 1. The second kappa shape index (κ2) is 6.79. The summed E-state index contributed by atoms with van der Waals surface area (Å²) in [5.74, 6) is -0.0582. The third-order valence-electron chi connectivity index (χ3n) is 3.34. The minimum absolute atomic E-state index is 0.350. The molecule has 0 saturated carbocycles. The Morgan fingerprint density at radius 2 is 1.91 bits per heavy atom. The topological polar surface area (TPSA) is 59.9 Å². The summed E-state index contributed by atoms with van der Waals surface area (Å²) >= 11 is 0. The molecule has 0 atom stereocenters. The zero-order valence-corrected chi connectivity index (χ0v) is 12.7. The van der Waals surface area contributed by atoms with E-state index >= 15 is 0 Å². The Labute approximate surface area is 134 Å². The van der Waals surface area contributed by atoms with Gasteiger partial charge in [0.1, 0.15) is 5.76 Å². The van der Waals surface area contributed by atoms with Crippen LogP contribution in [0.15, 0.2) is 65.7 Å². The number of hydrogen-bond acceptors (Lipinski definition) is 4. The van der Waals surface area contributed by atoms with Crippen LogP contribution in [0, 0.1) is 0 Å². The highest BCUT2D eigenvalue weighted by Gasteiger charge is 2.20. The van der Waals surface area contributed by atoms with Crippen molar-refractivity contribution in [3.8, 4) is 0 Å². The van der Waals surface area contributed by atoms with E-state index in [1.807, 2.05) is 54.6 Å². The van der Waals surface area contributed by atoms with Gasteiger partial charge in [0.15, 0.2) is 0 Å². The standard InChI is InChI=1S/C18H16N2O3/c1-22-17(21)11-16-14-9-5-6-10-15(14)20-18(23-16)19-12-13-7-3-2-4-8-13/h2-11H,12H2,1H3,(H,19,20)/b16-11-. The Bertz CT molecular complexity index is 767. The fourth-order valence-electron chi connectivity index (χ4n) is 2.20. The van der Waals surface area contributed by atoms with Crippen LogP contribution in [0.3, 0.4) is 0 Å². The summed E-state index contributed by atoms with van der Waals surface area (Å²) in [5, 5.41) is 3.12. The van der Waals surface area contributed by atoms with Gasteiger partial charge < -0.3 is 14.8 Å². The average Bonchev–Trinajstić information content (AvgIpc) is 2.60. The number of rotatable bonds is 3. The van der Waals surface area contributed by atoms with Gasteiger partial charge in [-0.3, -0.25) is 0 Å². The van der Waals surface area contributed by atoms with Crippen LogP contribution in [-0.4, -0.2) is 19.1 Å². The first kappa shape index (κ1) is 14.8. The number of hydrogen-bond donors (Lipinski definition) is 1. The van der Waals surface area contributed by atoms with Gasteiger partial charge in [-0.15, -0.1) is 0 Å². The van der Waals surface area contributed by atoms with Crippen molar-refractivity contribution < 1.29 is 14.3 Å². The predicted molar refractivity (Wildman–Crippen MR) is 88.7 cm³/mol. The van der Waals surface area contributed by atoms with Crippen LogP contribution in [0.25, 0.3) is 5.76 Å². The van der Waals surface area contributed by atoms with Gasteiger partial charge in [-0.25, -0.2) is 9.79 Å². The molecule has 0 saturated heterocycles. The smallest absolute Gasteiger partial charge is 0.334 e. The number of benzene rings is 2. The molecule has 23 heavy (non-hydrogen) atoms. The summed E-state index contributed by atoms with van der Waals surface area (Å²) in [6, 6.07) is 17.8. The van der Waals surface area contributed by atoms with Crippen LogP contribution < -0.4 is 5.32 Å². The van der Waals surface area contributed by atoms with E-state index in [0.717, 1.165) is 16.8 Å². The maximum atomic E-state index is 11.5. The van der Waals surface area contributed by atoms with Gasteiger partial charge in [0, 0.05) is 5.56 Å². The van der Waals surface area contributed by atoms with E-state index in [-0.39, 0.29) is 0 Å². The number of esters is 1. The molecule has 1 N–H and O–H groups in total. The first-order valence-corrected chi connectivity index (χ1v) is 7.18. The lowest BCUT2D eigenvalue weighted by Crippen LogP contribution is -2.22. The maximum Gasteiger partial charge on any atom is 0.334 e. The molecule has 1 aliphatic heterocycles. The molecule has 2 aromatic rings. The molecule has 0 bridgehead atoms. The van der Waals surface area contributed by atoms with Crippen LogP contribution >= 0.6 is 0 Å². The highest BCUT2D eigenvalue weighted by atomic mass is 16.5. The summed E-state index contributed by atoms with van der Waals surface area (Å²) in [6.07, 6.45) is 1.32. The van der Waals surface area contributed by atoms with Gasteiger partial charge in [0.25, 0.3) is 6.02 Å². The van der Waals surface area contributed by atoms with E-state index in [1.165, 1.54) is 13.2 Å². The summed E-state index contributed by atoms with van der Waals surface area (Å²) in [5.41, 5.74) is 2.69. The highest BCUT2D eigenvalue weighted by Crippen LogP contribution is 2.29. The Morgan fingerprint density at radius 1 is 1.17 bits per heavy atom. The van der Waals surface area contributed by atoms with Crippen molar-refractivity contribution in [3.63, 3.8) is 0 Å². The fourth-order valence-corrected chi connectivity index (χ4v) is 2.20. The van der Waals surface area contributed by atoms with Crippen molar-refractivity contribution >= 4 is 23.4 Å². The number of fused-ring (bicyclic) bond motifs is 1. The van der Waals surface area contributed by atoms with Gasteiger partial charge in [0.2, 0.25) is 0 Å². The van der Waals surface area contributed by atoms with Gasteiger partial charge in [0.05, 0.1) is 25.4 Å². The Kier molecular flexibility index (Phi) is 4.38. The second-order valence-electron chi connectivity index (χ2n) is 4.91. The Hall–Kier alpha value is -3.08. The first-order valence-electron chi connectivity index (χ1n) is 7.18. The summed E-state index contributed by atoms with van der Waals surface area (Å²) in [7, 11) is 1.33. The van der Waals surface area contributed by atoms with Crippen LogP contribution in [0.4, 0.5) is 5.69 Å². The van der Waals surface area contributed by atoms with E-state index in [1.54, 1.807) is 0 Å². The number of nitrogens with zero attached hydrogens (tertiary/aromatic N) is 1. The van der Waals surface area contributed by atoms with Crippen LogP contribution in [0.5, 0.6) is 0 Å². The Balaban J connectivity index is 1.88. The fraction of sp³-hybridized carbons (Fsp3) is 0.111. The molecular formula is C18H16N2O3. The SMILES string of the molecule is COC(=O)/C=C1\OC(=NCc2ccccc2)Nc2ccccc21. The van der Waals surface area contributed by atoms with E-state index in [2.05, 4.69) is 15.0 Å². The number of para-hydroxylation sites is 1. The highest BCUT2D eigenvalue weighted by molar-refractivity contribution is 6.03. The maximum absolute atomic E-state index is 11.5. The van der Waals surface area contributed by atoms with E-state index < -0.39 is 5.97 Å². The van der Waals surface area contributed by atoms with Crippen molar-refractivity contribution in [1.29, 1.82) is 0 Å². The van der Waals surface area contributed by atoms with Crippen molar-refractivity contribution in [2.24, 2.45) is 4.99 Å². The molecule has 0 unspecified atom stereocenters. The van der Waals surface area contributed by atoms with Gasteiger partial charge in [-0.2, -0.15) is 0 Å². The number of carbonyl (C=O) groups excluding carboxylic acids is 1. The van der Waals surface area contributed by atoms with Crippen molar-refractivity contribution in [3.05, 3.63) is 71.8 Å². The number of anilines is 1. The number of aliphatic imine (C=N–C) groups is 1. The van der Waals surface area contributed by atoms with Crippen molar-refractivity contribution in [1.82, 2.24) is 0 Å². The zero-order valence-electron chi connectivity index (χ0n) is 12.7. The molecule has 1 aliphatic rings. The quantitative estimate of drug-likeness (QED) is 0.699. The molecule has 1 heterocycles. The molecule has 3 rings (SSSR count). The molecular weight excluding hydrogens is 292 g/mol. The molecule has 5 nitrogen and oxygen atoms in total. The predicted octanol–water partition coefficient (Wildman–Crippen LogP) is 3.20. The monoisotopic (exact) mass is 308 g/mol. The zero-order chi connectivity index (χ0) is 16.1. The Morgan fingerprint density at radius 3 is 2.70 bits per heavy atom. The van der Waals surface area contributed by atoms with E-state index in [9.17, 15) is 4.79 Å². The lowest BCUT2D eigenvalue weighted by molar-refractivity contribution is -0.134. The van der Waals surface area contributed by atoms with Crippen LogP contribution in [0.2, 0.25) is 0 Å². The minimum Gasteiger partial charge on any atom is -0.466 e. The second-order valence-corrected chi connectivity index (χ2v) is 4.91. The third-order valence-corrected chi connectivity index (χ3v) is 3.34. The summed E-state index contributed by atoms with van der Waals surface area (Å²) in [4.78, 5) is 16.0. The lowest BCUT2D eigenvalue weighted by Gasteiger charge is -2.22. The van der Waals surface area contributed by atoms with Gasteiger partial charge >= 0.3 is 5.97 Å². The third kappa shape index (κ3) is 3.58. The largest absolute Gasteiger partial charge is 0.466 e. The molecule has 0 amide bonds. The van der Waals surface area contributed by atoms with Gasteiger partial charge in [-0.05, 0) is 17.7 Å². The molecule has 0 radical (unpaired) electrons. The number of methoxy groups -OCH3 is 1. The summed E-state index contributed by atoms with van der Waals surface area (Å²) < 4.78 is 10.4.